The minimum absolute atomic E-state index is 0.0400. The van der Waals surface area contributed by atoms with Crippen molar-refractivity contribution in [2.24, 2.45) is 5.16 Å². The largest absolute Gasteiger partial charge is 0.435 e. The highest BCUT2D eigenvalue weighted by atomic mass is 127. The number of benzene rings is 2. The van der Waals surface area contributed by atoms with Crippen LogP contribution in [0.1, 0.15) is 35.1 Å². The van der Waals surface area contributed by atoms with Crippen LogP contribution >= 0.6 is 34.2 Å². The zero-order chi connectivity index (χ0) is 27.1. The highest BCUT2D eigenvalue weighted by Gasteiger charge is 2.62. The zero-order valence-corrected chi connectivity index (χ0v) is 20.4. The Morgan fingerprint density at radius 2 is 1.72 bits per heavy atom. The number of nitrogens with zero attached hydrogens (tertiary/aromatic N) is 1. The third-order valence-electron chi connectivity index (χ3n) is 5.10. The van der Waals surface area contributed by atoms with Gasteiger partial charge in [-0.1, -0.05) is 28.9 Å². The maximum absolute atomic E-state index is 14.2. The van der Waals surface area contributed by atoms with Gasteiger partial charge in [0.2, 0.25) is 5.91 Å². The summed E-state index contributed by atoms with van der Waals surface area (Å²) >= 11 is 7.54. The van der Waals surface area contributed by atoms with Crippen molar-refractivity contribution in [2.45, 2.75) is 43.5 Å². The maximum atomic E-state index is 14.2. The first-order chi connectivity index (χ1) is 16.4. The number of nitrogens with one attached hydrogen (secondary N) is 1. The van der Waals surface area contributed by atoms with E-state index in [4.69, 9.17) is 16.4 Å². The van der Waals surface area contributed by atoms with Crippen LogP contribution in [0.3, 0.4) is 0 Å². The summed E-state index contributed by atoms with van der Waals surface area (Å²) in [5.74, 6) is -1.30. The molecule has 1 aliphatic rings. The number of rotatable bonds is 5. The van der Waals surface area contributed by atoms with Crippen molar-refractivity contribution in [3.63, 3.8) is 0 Å². The molecule has 0 saturated heterocycles. The van der Waals surface area contributed by atoms with Crippen LogP contribution in [-0.2, 0) is 28.0 Å². The fraction of sp³-hybridized carbons (Fsp3) is 0.333. The molecule has 1 heterocycles. The van der Waals surface area contributed by atoms with Crippen LogP contribution < -0.4 is 5.32 Å². The Hall–Kier alpha value is -2.23. The summed E-state index contributed by atoms with van der Waals surface area (Å²) < 4.78 is 119. The van der Waals surface area contributed by atoms with E-state index in [-0.39, 0.29) is 32.0 Å². The lowest BCUT2D eigenvalue weighted by molar-refractivity contribution is -0.276. The molecule has 1 N–H and O–H groups in total. The van der Waals surface area contributed by atoms with Gasteiger partial charge in [-0.3, -0.25) is 4.79 Å². The number of carbonyl (C=O) groups is 1. The van der Waals surface area contributed by atoms with Gasteiger partial charge in [0.05, 0.1) is 11.3 Å². The van der Waals surface area contributed by atoms with Gasteiger partial charge in [-0.2, -0.15) is 39.5 Å². The van der Waals surface area contributed by atoms with Gasteiger partial charge in [0.15, 0.2) is 0 Å². The second-order valence-corrected chi connectivity index (χ2v) is 9.38. The predicted octanol–water partition coefficient (Wildman–Crippen LogP) is 7.11. The summed E-state index contributed by atoms with van der Waals surface area (Å²) in [5.41, 5.74) is -5.33. The number of alkyl halides is 9. The second kappa shape index (κ2) is 9.91. The van der Waals surface area contributed by atoms with E-state index in [1.165, 1.54) is 34.7 Å². The summed E-state index contributed by atoms with van der Waals surface area (Å²) in [5, 5.41) is 5.39. The molecule has 0 bridgehead atoms. The average molecular weight is 659 g/mol. The summed E-state index contributed by atoms with van der Waals surface area (Å²) in [6.07, 6.45) is -17.4. The van der Waals surface area contributed by atoms with Crippen molar-refractivity contribution in [1.82, 2.24) is 5.32 Å². The molecule has 0 aliphatic carbocycles. The standard InChI is InChI=1S/C21H13ClF9IN2O2/c22-15-3-10(1-2-11(15)9-33-17(35)8-19(23,24)25)16-7-18(36-34-16,21(29,30)31)12-4-13(20(26,27)28)6-14(32)5-12/h1-6H,7-9H2,(H,33,35). The lowest BCUT2D eigenvalue weighted by Crippen LogP contribution is -2.43. The van der Waals surface area contributed by atoms with E-state index in [1.807, 2.05) is 5.32 Å². The number of amides is 1. The fourth-order valence-corrected chi connectivity index (χ4v) is 4.27. The normalized spacial score (nSPS) is 18.6. The number of carbonyl (C=O) groups excluding carboxylic acids is 1. The van der Waals surface area contributed by atoms with Gasteiger partial charge in [0, 0.05) is 32.7 Å². The molecule has 0 aromatic heterocycles. The molecule has 0 saturated carbocycles. The highest BCUT2D eigenvalue weighted by molar-refractivity contribution is 14.1. The molecular formula is C21H13ClF9IN2O2. The van der Waals surface area contributed by atoms with Crippen LogP contribution in [0.4, 0.5) is 39.5 Å². The number of halogens is 11. The Balaban J connectivity index is 1.86. The second-order valence-electron chi connectivity index (χ2n) is 7.73. The average Bonchev–Trinajstić information content (AvgIpc) is 3.17. The fourth-order valence-electron chi connectivity index (χ4n) is 3.35. The molecule has 0 radical (unpaired) electrons. The molecular weight excluding hydrogens is 646 g/mol. The lowest BCUT2D eigenvalue weighted by Gasteiger charge is -2.30. The van der Waals surface area contributed by atoms with E-state index >= 15 is 0 Å². The Morgan fingerprint density at radius 1 is 1.06 bits per heavy atom. The molecule has 1 unspecified atom stereocenters. The highest BCUT2D eigenvalue weighted by Crippen LogP contribution is 2.50. The van der Waals surface area contributed by atoms with Gasteiger partial charge in [-0.05, 0) is 52.4 Å². The van der Waals surface area contributed by atoms with Crippen LogP contribution in [0.2, 0.25) is 5.02 Å². The Kier molecular flexibility index (Phi) is 7.80. The monoisotopic (exact) mass is 658 g/mol. The lowest BCUT2D eigenvalue weighted by atomic mass is 9.85. The minimum atomic E-state index is -5.15. The SMILES string of the molecule is O=C(CC(F)(F)F)NCc1ccc(C2=NOC(c3cc(I)cc(C(F)(F)F)c3)(C(F)(F)F)C2)cc1Cl. The molecule has 196 valence electrons. The van der Waals surface area contributed by atoms with E-state index in [0.717, 1.165) is 12.1 Å². The first kappa shape index (κ1) is 28.3. The molecule has 1 amide bonds. The molecule has 2 aromatic rings. The molecule has 1 atom stereocenters. The third kappa shape index (κ3) is 6.36. The Bertz CT molecular complexity index is 1200. The Morgan fingerprint density at radius 3 is 2.28 bits per heavy atom. The quantitative estimate of drug-likeness (QED) is 0.275. The molecule has 36 heavy (non-hydrogen) atoms. The van der Waals surface area contributed by atoms with Crippen LogP contribution in [-0.4, -0.2) is 24.0 Å². The molecule has 0 fully saturated rings. The first-order valence-corrected chi connectivity index (χ1v) is 11.2. The van der Waals surface area contributed by atoms with Crippen molar-refractivity contribution in [3.8, 4) is 0 Å². The smallest absolute Gasteiger partial charge is 0.374 e. The van der Waals surface area contributed by atoms with Gasteiger partial charge in [0.1, 0.15) is 6.42 Å². The van der Waals surface area contributed by atoms with Crippen molar-refractivity contribution in [2.75, 3.05) is 0 Å². The molecule has 4 nitrogen and oxygen atoms in total. The summed E-state index contributed by atoms with van der Waals surface area (Å²) in [6.45, 7) is -0.383. The molecule has 2 aromatic carbocycles. The topological polar surface area (TPSA) is 50.7 Å². The zero-order valence-electron chi connectivity index (χ0n) is 17.5. The van der Waals surface area contributed by atoms with E-state index in [0.29, 0.717) is 12.1 Å². The summed E-state index contributed by atoms with van der Waals surface area (Å²) in [7, 11) is 0. The third-order valence-corrected chi connectivity index (χ3v) is 6.08. The van der Waals surface area contributed by atoms with E-state index in [2.05, 4.69) is 5.16 Å². The van der Waals surface area contributed by atoms with Gasteiger partial charge in [-0.25, -0.2) is 0 Å². The molecule has 3 rings (SSSR count). The number of hydrogen-bond acceptors (Lipinski definition) is 3. The van der Waals surface area contributed by atoms with Gasteiger partial charge in [-0.15, -0.1) is 0 Å². The van der Waals surface area contributed by atoms with Gasteiger partial charge < -0.3 is 10.2 Å². The van der Waals surface area contributed by atoms with Crippen LogP contribution in [0, 0.1) is 3.57 Å². The summed E-state index contributed by atoms with van der Waals surface area (Å²) in [6, 6.07) is 5.64. The molecule has 15 heteroatoms. The maximum Gasteiger partial charge on any atom is 0.435 e. The van der Waals surface area contributed by atoms with E-state index in [1.54, 1.807) is 0 Å². The minimum Gasteiger partial charge on any atom is -0.374 e. The molecule has 1 aliphatic heterocycles. The van der Waals surface area contributed by atoms with Crippen molar-refractivity contribution < 1.29 is 49.1 Å². The Labute approximate surface area is 215 Å². The van der Waals surface area contributed by atoms with E-state index < -0.39 is 54.0 Å². The van der Waals surface area contributed by atoms with Crippen molar-refractivity contribution in [1.29, 1.82) is 0 Å². The van der Waals surface area contributed by atoms with Gasteiger partial charge in [0.25, 0.3) is 5.60 Å². The van der Waals surface area contributed by atoms with Crippen LogP contribution in [0.5, 0.6) is 0 Å². The van der Waals surface area contributed by atoms with E-state index in [9.17, 15) is 44.3 Å². The van der Waals surface area contributed by atoms with Crippen molar-refractivity contribution >= 4 is 45.8 Å². The van der Waals surface area contributed by atoms with Crippen molar-refractivity contribution in [3.05, 3.63) is 67.2 Å². The first-order valence-electron chi connectivity index (χ1n) is 9.73. The number of hydrogen-bond donors (Lipinski definition) is 1. The summed E-state index contributed by atoms with van der Waals surface area (Å²) in [4.78, 5) is 16.1. The van der Waals surface area contributed by atoms with Gasteiger partial charge >= 0.3 is 18.5 Å². The number of oxime groups is 1. The van der Waals surface area contributed by atoms with Crippen LogP contribution in [0.25, 0.3) is 0 Å². The molecule has 0 spiro atoms. The van der Waals surface area contributed by atoms with Crippen LogP contribution in [0.15, 0.2) is 41.6 Å². The predicted molar refractivity (Wildman–Crippen MR) is 118 cm³/mol.